The van der Waals surface area contributed by atoms with Gasteiger partial charge in [0.25, 0.3) is 0 Å². The zero-order valence-corrected chi connectivity index (χ0v) is 11.8. The Labute approximate surface area is 106 Å². The topological polar surface area (TPSA) is 34.1 Å². The SMILES string of the molecule is COCC(Nc1nccc(C)c1Br)C(C)C. The minimum absolute atomic E-state index is 0.274. The lowest BCUT2D eigenvalue weighted by atomic mass is 10.1. The number of pyridine rings is 1. The van der Waals surface area contributed by atoms with Crippen molar-refractivity contribution in [2.45, 2.75) is 26.8 Å². The van der Waals surface area contributed by atoms with Gasteiger partial charge in [0.05, 0.1) is 17.1 Å². The molecule has 1 heterocycles. The summed E-state index contributed by atoms with van der Waals surface area (Å²) in [5.74, 6) is 1.38. The van der Waals surface area contributed by atoms with Crippen molar-refractivity contribution in [3.8, 4) is 0 Å². The average molecular weight is 287 g/mol. The number of aryl methyl sites for hydroxylation is 1. The van der Waals surface area contributed by atoms with Crippen molar-refractivity contribution in [1.29, 1.82) is 0 Å². The summed E-state index contributed by atoms with van der Waals surface area (Å²) in [5.41, 5.74) is 1.18. The first-order chi connectivity index (χ1) is 7.56. The van der Waals surface area contributed by atoms with Gasteiger partial charge in [0, 0.05) is 13.3 Å². The first-order valence-electron chi connectivity index (χ1n) is 5.42. The first kappa shape index (κ1) is 13.5. The van der Waals surface area contributed by atoms with Gasteiger partial charge < -0.3 is 10.1 Å². The van der Waals surface area contributed by atoms with Gasteiger partial charge in [-0.2, -0.15) is 0 Å². The van der Waals surface area contributed by atoms with Crippen LogP contribution in [0, 0.1) is 12.8 Å². The van der Waals surface area contributed by atoms with E-state index in [4.69, 9.17) is 4.74 Å². The second kappa shape index (κ2) is 6.21. The summed E-state index contributed by atoms with van der Waals surface area (Å²) in [5, 5.41) is 3.41. The van der Waals surface area contributed by atoms with E-state index in [1.54, 1.807) is 7.11 Å². The van der Waals surface area contributed by atoms with E-state index < -0.39 is 0 Å². The van der Waals surface area contributed by atoms with Crippen LogP contribution in [0.1, 0.15) is 19.4 Å². The van der Waals surface area contributed by atoms with Crippen molar-refractivity contribution in [3.05, 3.63) is 22.3 Å². The number of hydrogen-bond donors (Lipinski definition) is 1. The summed E-state index contributed by atoms with van der Waals surface area (Å²) < 4.78 is 6.23. The van der Waals surface area contributed by atoms with E-state index >= 15 is 0 Å². The van der Waals surface area contributed by atoms with E-state index in [1.807, 2.05) is 12.3 Å². The minimum atomic E-state index is 0.274. The molecule has 90 valence electrons. The largest absolute Gasteiger partial charge is 0.383 e. The van der Waals surface area contributed by atoms with Gasteiger partial charge in [0.2, 0.25) is 0 Å². The summed E-state index contributed by atoms with van der Waals surface area (Å²) in [4.78, 5) is 4.33. The fourth-order valence-corrected chi connectivity index (χ4v) is 1.75. The molecule has 1 N–H and O–H groups in total. The molecule has 0 aliphatic rings. The molecule has 0 bridgehead atoms. The molecule has 1 aromatic heterocycles. The van der Waals surface area contributed by atoms with Crippen LogP contribution in [0.25, 0.3) is 0 Å². The number of halogens is 1. The maximum Gasteiger partial charge on any atom is 0.140 e. The molecule has 0 fully saturated rings. The van der Waals surface area contributed by atoms with E-state index in [9.17, 15) is 0 Å². The number of hydrogen-bond acceptors (Lipinski definition) is 3. The second-order valence-corrected chi connectivity index (χ2v) is 5.03. The van der Waals surface area contributed by atoms with Crippen LogP contribution < -0.4 is 5.32 Å². The maximum absolute atomic E-state index is 5.20. The normalized spacial score (nSPS) is 12.9. The highest BCUT2D eigenvalue weighted by Crippen LogP contribution is 2.24. The Morgan fingerprint density at radius 2 is 2.19 bits per heavy atom. The van der Waals surface area contributed by atoms with Crippen LogP contribution >= 0.6 is 15.9 Å². The monoisotopic (exact) mass is 286 g/mol. The van der Waals surface area contributed by atoms with Crippen molar-refractivity contribution < 1.29 is 4.74 Å². The number of aromatic nitrogens is 1. The number of nitrogens with zero attached hydrogens (tertiary/aromatic N) is 1. The molecule has 3 nitrogen and oxygen atoms in total. The number of nitrogens with one attached hydrogen (secondary N) is 1. The Kier molecular flexibility index (Phi) is 5.22. The number of rotatable bonds is 5. The Balaban J connectivity index is 2.81. The number of methoxy groups -OCH3 is 1. The molecule has 1 aromatic rings. The third-order valence-electron chi connectivity index (χ3n) is 2.56. The molecule has 0 radical (unpaired) electrons. The Bertz CT molecular complexity index is 342. The van der Waals surface area contributed by atoms with Crippen molar-refractivity contribution >= 4 is 21.7 Å². The summed E-state index contributed by atoms with van der Waals surface area (Å²) in [6.45, 7) is 7.07. The van der Waals surface area contributed by atoms with E-state index in [2.05, 4.69) is 47.0 Å². The lowest BCUT2D eigenvalue weighted by Gasteiger charge is -2.23. The molecule has 1 atom stereocenters. The van der Waals surface area contributed by atoms with Crippen molar-refractivity contribution in [2.24, 2.45) is 5.92 Å². The van der Waals surface area contributed by atoms with Gasteiger partial charge in [-0.25, -0.2) is 4.98 Å². The van der Waals surface area contributed by atoms with Gasteiger partial charge in [-0.05, 0) is 40.4 Å². The number of anilines is 1. The Morgan fingerprint density at radius 3 is 2.75 bits per heavy atom. The van der Waals surface area contributed by atoms with Gasteiger partial charge in [0.1, 0.15) is 5.82 Å². The van der Waals surface area contributed by atoms with Crippen LogP contribution in [0.15, 0.2) is 16.7 Å². The Morgan fingerprint density at radius 1 is 1.50 bits per heavy atom. The highest BCUT2D eigenvalue weighted by Gasteiger charge is 2.15. The summed E-state index contributed by atoms with van der Waals surface area (Å²) in [6, 6.07) is 2.26. The third kappa shape index (κ3) is 3.46. The zero-order chi connectivity index (χ0) is 12.1. The molecule has 16 heavy (non-hydrogen) atoms. The van der Waals surface area contributed by atoms with Gasteiger partial charge >= 0.3 is 0 Å². The molecule has 0 amide bonds. The summed E-state index contributed by atoms with van der Waals surface area (Å²) in [7, 11) is 1.72. The van der Waals surface area contributed by atoms with Crippen molar-refractivity contribution in [2.75, 3.05) is 19.0 Å². The van der Waals surface area contributed by atoms with Crippen molar-refractivity contribution in [1.82, 2.24) is 4.98 Å². The lowest BCUT2D eigenvalue weighted by Crippen LogP contribution is -2.31. The van der Waals surface area contributed by atoms with E-state index in [0.29, 0.717) is 12.5 Å². The Hall–Kier alpha value is -0.610. The van der Waals surface area contributed by atoms with Crippen LogP contribution in [0.3, 0.4) is 0 Å². The first-order valence-corrected chi connectivity index (χ1v) is 6.22. The van der Waals surface area contributed by atoms with Crippen LogP contribution in [0.2, 0.25) is 0 Å². The van der Waals surface area contributed by atoms with Crippen LogP contribution in [0.4, 0.5) is 5.82 Å². The molecule has 0 saturated heterocycles. The molecular formula is C12H19BrN2O. The molecule has 4 heteroatoms. The summed E-state index contributed by atoms with van der Waals surface area (Å²) in [6.07, 6.45) is 1.81. The molecular weight excluding hydrogens is 268 g/mol. The van der Waals surface area contributed by atoms with Gasteiger partial charge in [-0.3, -0.25) is 0 Å². The van der Waals surface area contributed by atoms with Crippen LogP contribution in [0.5, 0.6) is 0 Å². The minimum Gasteiger partial charge on any atom is -0.383 e. The highest BCUT2D eigenvalue weighted by atomic mass is 79.9. The van der Waals surface area contributed by atoms with Crippen LogP contribution in [-0.4, -0.2) is 24.7 Å². The average Bonchev–Trinajstić information content (AvgIpc) is 2.23. The lowest BCUT2D eigenvalue weighted by molar-refractivity contribution is 0.171. The third-order valence-corrected chi connectivity index (χ3v) is 3.56. The molecule has 1 rings (SSSR count). The summed E-state index contributed by atoms with van der Waals surface area (Å²) >= 11 is 3.54. The van der Waals surface area contributed by atoms with E-state index in [1.165, 1.54) is 5.56 Å². The number of ether oxygens (including phenoxy) is 1. The highest BCUT2D eigenvalue weighted by molar-refractivity contribution is 9.10. The standard InChI is InChI=1S/C12H19BrN2O/c1-8(2)10(7-16-4)15-12-11(13)9(3)5-6-14-12/h5-6,8,10H,7H2,1-4H3,(H,14,15). The fourth-order valence-electron chi connectivity index (χ4n) is 1.40. The van der Waals surface area contributed by atoms with E-state index in [0.717, 1.165) is 10.3 Å². The zero-order valence-electron chi connectivity index (χ0n) is 10.2. The van der Waals surface area contributed by atoms with Crippen molar-refractivity contribution in [3.63, 3.8) is 0 Å². The van der Waals surface area contributed by atoms with Gasteiger partial charge in [-0.15, -0.1) is 0 Å². The molecule has 0 spiro atoms. The predicted octanol–water partition coefficient (Wildman–Crippen LogP) is 3.24. The second-order valence-electron chi connectivity index (χ2n) is 4.24. The van der Waals surface area contributed by atoms with Crippen LogP contribution in [-0.2, 0) is 4.74 Å². The quantitative estimate of drug-likeness (QED) is 0.902. The molecule has 1 unspecified atom stereocenters. The molecule has 0 saturated carbocycles. The molecule has 0 aliphatic carbocycles. The molecule has 0 aliphatic heterocycles. The predicted molar refractivity (Wildman–Crippen MR) is 70.8 cm³/mol. The van der Waals surface area contributed by atoms with Gasteiger partial charge in [-0.1, -0.05) is 13.8 Å². The molecule has 0 aromatic carbocycles. The fraction of sp³-hybridized carbons (Fsp3) is 0.583. The van der Waals surface area contributed by atoms with E-state index in [-0.39, 0.29) is 6.04 Å². The smallest absolute Gasteiger partial charge is 0.140 e. The maximum atomic E-state index is 5.20. The van der Waals surface area contributed by atoms with Gasteiger partial charge in [0.15, 0.2) is 0 Å².